The third kappa shape index (κ3) is 1.92. The second kappa shape index (κ2) is 4.17. The van der Waals surface area contributed by atoms with Crippen LogP contribution < -0.4 is 5.32 Å². The van der Waals surface area contributed by atoms with E-state index < -0.39 is 0 Å². The summed E-state index contributed by atoms with van der Waals surface area (Å²) in [5.41, 5.74) is 2.58. The molecule has 3 aromatic rings. The van der Waals surface area contributed by atoms with Crippen molar-refractivity contribution in [3.63, 3.8) is 0 Å². The Labute approximate surface area is 97.1 Å². The first-order valence-electron chi connectivity index (χ1n) is 5.23. The van der Waals surface area contributed by atoms with Crippen LogP contribution in [-0.4, -0.2) is 25.6 Å². The molecule has 2 N–H and O–H groups in total. The predicted octanol–water partition coefficient (Wildman–Crippen LogP) is 1.36. The molecule has 3 rings (SSSR count). The van der Waals surface area contributed by atoms with Crippen LogP contribution in [0.25, 0.3) is 11.0 Å². The maximum atomic E-state index is 4.03. The number of rotatable bonds is 3. The smallest absolute Gasteiger partial charge is 0.179 e. The summed E-state index contributed by atoms with van der Waals surface area (Å²) < 4.78 is 0. The van der Waals surface area contributed by atoms with E-state index in [0.29, 0.717) is 23.4 Å². The van der Waals surface area contributed by atoms with Crippen LogP contribution in [0.5, 0.6) is 0 Å². The molecule has 0 radical (unpaired) electrons. The van der Waals surface area contributed by atoms with Crippen LogP contribution in [0, 0.1) is 0 Å². The molecule has 0 saturated heterocycles. The summed E-state index contributed by atoms with van der Waals surface area (Å²) in [7, 11) is 0. The van der Waals surface area contributed by atoms with Crippen molar-refractivity contribution in [1.82, 2.24) is 25.6 Å². The van der Waals surface area contributed by atoms with Crippen LogP contribution in [0.3, 0.4) is 0 Å². The standard InChI is InChI=1S/C11H10N6/c1-2-4-8(5-3-1)6-12-11-10-9(7-13-16-11)14-17-15-10/h1-5,7H,6H2,(H,12,16)(H,14,15,17). The monoisotopic (exact) mass is 226 g/mol. The molecule has 0 atom stereocenters. The first-order valence-corrected chi connectivity index (χ1v) is 5.23. The number of benzene rings is 1. The number of aromatic nitrogens is 5. The van der Waals surface area contributed by atoms with Crippen molar-refractivity contribution < 1.29 is 0 Å². The summed E-state index contributed by atoms with van der Waals surface area (Å²) in [4.78, 5) is 0. The topological polar surface area (TPSA) is 79.4 Å². The molecule has 0 aliphatic carbocycles. The molecule has 2 aromatic heterocycles. The van der Waals surface area contributed by atoms with Crippen molar-refractivity contribution in [2.75, 3.05) is 5.32 Å². The number of hydrogen-bond acceptors (Lipinski definition) is 5. The van der Waals surface area contributed by atoms with E-state index in [1.54, 1.807) is 6.20 Å². The Balaban J connectivity index is 1.84. The zero-order chi connectivity index (χ0) is 11.5. The van der Waals surface area contributed by atoms with E-state index >= 15 is 0 Å². The van der Waals surface area contributed by atoms with Gasteiger partial charge in [0, 0.05) is 6.54 Å². The van der Waals surface area contributed by atoms with E-state index in [-0.39, 0.29) is 0 Å². The first-order chi connectivity index (χ1) is 8.43. The number of aromatic amines is 1. The third-order valence-corrected chi connectivity index (χ3v) is 2.44. The van der Waals surface area contributed by atoms with E-state index in [2.05, 4.69) is 30.9 Å². The van der Waals surface area contributed by atoms with Gasteiger partial charge in [-0.2, -0.15) is 20.5 Å². The highest BCUT2D eigenvalue weighted by Crippen LogP contribution is 2.14. The maximum absolute atomic E-state index is 4.03. The summed E-state index contributed by atoms with van der Waals surface area (Å²) in [5, 5.41) is 21.6. The molecule has 2 heterocycles. The minimum absolute atomic E-state index is 0.639. The SMILES string of the molecule is c1ccc(CNc2nncc3n[nH]nc23)cc1. The molecule has 6 nitrogen and oxygen atoms in total. The van der Waals surface area contributed by atoms with Gasteiger partial charge < -0.3 is 5.32 Å². The predicted molar refractivity (Wildman–Crippen MR) is 63.2 cm³/mol. The van der Waals surface area contributed by atoms with Gasteiger partial charge in [0.15, 0.2) is 11.3 Å². The fraction of sp³-hybridized carbons (Fsp3) is 0.0909. The molecule has 0 bridgehead atoms. The Morgan fingerprint density at radius 3 is 2.88 bits per heavy atom. The quantitative estimate of drug-likeness (QED) is 0.705. The van der Waals surface area contributed by atoms with E-state index in [0.717, 1.165) is 0 Å². The summed E-state index contributed by atoms with van der Waals surface area (Å²) in [6.45, 7) is 0.682. The van der Waals surface area contributed by atoms with Gasteiger partial charge >= 0.3 is 0 Å². The van der Waals surface area contributed by atoms with Crippen LogP contribution >= 0.6 is 0 Å². The molecule has 0 aliphatic heterocycles. The van der Waals surface area contributed by atoms with Crippen molar-refractivity contribution in [1.29, 1.82) is 0 Å². The first kappa shape index (κ1) is 9.71. The van der Waals surface area contributed by atoms with Crippen LogP contribution in [0.2, 0.25) is 0 Å². The summed E-state index contributed by atoms with van der Waals surface area (Å²) in [6.07, 6.45) is 1.58. The van der Waals surface area contributed by atoms with Crippen molar-refractivity contribution in [3.05, 3.63) is 42.1 Å². The Hall–Kier alpha value is -2.50. The number of nitrogens with one attached hydrogen (secondary N) is 2. The molecule has 0 spiro atoms. The zero-order valence-corrected chi connectivity index (χ0v) is 8.96. The van der Waals surface area contributed by atoms with E-state index in [1.165, 1.54) is 5.56 Å². The third-order valence-electron chi connectivity index (χ3n) is 2.44. The van der Waals surface area contributed by atoms with Crippen LogP contribution in [-0.2, 0) is 6.54 Å². The van der Waals surface area contributed by atoms with Crippen molar-refractivity contribution >= 4 is 16.9 Å². The highest BCUT2D eigenvalue weighted by atomic mass is 15.3. The van der Waals surface area contributed by atoms with Crippen LogP contribution in [0.1, 0.15) is 5.56 Å². The molecule has 0 saturated carbocycles. The summed E-state index contributed by atoms with van der Waals surface area (Å²) in [5.74, 6) is 0.639. The van der Waals surface area contributed by atoms with Gasteiger partial charge in [-0.05, 0) is 5.56 Å². The van der Waals surface area contributed by atoms with Gasteiger partial charge in [0.25, 0.3) is 0 Å². The Morgan fingerprint density at radius 1 is 1.12 bits per heavy atom. The van der Waals surface area contributed by atoms with E-state index in [4.69, 9.17) is 0 Å². The summed E-state index contributed by atoms with van der Waals surface area (Å²) in [6, 6.07) is 10.1. The fourth-order valence-corrected chi connectivity index (χ4v) is 1.59. The normalized spacial score (nSPS) is 10.6. The lowest BCUT2D eigenvalue weighted by Gasteiger charge is -2.04. The van der Waals surface area contributed by atoms with Gasteiger partial charge in [0.2, 0.25) is 0 Å². The molecule has 0 amide bonds. The molecule has 0 fully saturated rings. The number of nitrogens with zero attached hydrogens (tertiary/aromatic N) is 4. The molecule has 6 heteroatoms. The average Bonchev–Trinajstić information content (AvgIpc) is 2.86. The molecule has 1 aromatic carbocycles. The van der Waals surface area contributed by atoms with Crippen molar-refractivity contribution in [2.24, 2.45) is 0 Å². The van der Waals surface area contributed by atoms with Crippen molar-refractivity contribution in [3.8, 4) is 0 Å². The Kier molecular flexibility index (Phi) is 2.38. The highest BCUT2D eigenvalue weighted by molar-refractivity contribution is 5.83. The van der Waals surface area contributed by atoms with Gasteiger partial charge in [-0.25, -0.2) is 0 Å². The van der Waals surface area contributed by atoms with Crippen molar-refractivity contribution in [2.45, 2.75) is 6.54 Å². The zero-order valence-electron chi connectivity index (χ0n) is 8.96. The average molecular weight is 226 g/mol. The number of anilines is 1. The number of fused-ring (bicyclic) bond motifs is 1. The molecular formula is C11H10N6. The van der Waals surface area contributed by atoms with E-state index in [1.807, 2.05) is 30.3 Å². The molecular weight excluding hydrogens is 216 g/mol. The van der Waals surface area contributed by atoms with Gasteiger partial charge in [0.1, 0.15) is 5.52 Å². The number of hydrogen-bond donors (Lipinski definition) is 2. The highest BCUT2D eigenvalue weighted by Gasteiger charge is 2.06. The minimum Gasteiger partial charge on any atom is -0.363 e. The minimum atomic E-state index is 0.639. The summed E-state index contributed by atoms with van der Waals surface area (Å²) >= 11 is 0. The Morgan fingerprint density at radius 2 is 2.00 bits per heavy atom. The van der Waals surface area contributed by atoms with Gasteiger partial charge in [-0.1, -0.05) is 30.3 Å². The lowest BCUT2D eigenvalue weighted by atomic mass is 10.2. The molecule has 17 heavy (non-hydrogen) atoms. The molecule has 0 unspecified atom stereocenters. The maximum Gasteiger partial charge on any atom is 0.179 e. The number of H-pyrrole nitrogens is 1. The largest absolute Gasteiger partial charge is 0.363 e. The van der Waals surface area contributed by atoms with E-state index in [9.17, 15) is 0 Å². The lowest BCUT2D eigenvalue weighted by Crippen LogP contribution is -2.02. The van der Waals surface area contributed by atoms with Gasteiger partial charge in [-0.3, -0.25) is 0 Å². The lowest BCUT2D eigenvalue weighted by molar-refractivity contribution is 0.958. The van der Waals surface area contributed by atoms with Crippen LogP contribution in [0.4, 0.5) is 5.82 Å². The molecule has 0 aliphatic rings. The van der Waals surface area contributed by atoms with Gasteiger partial charge in [0.05, 0.1) is 6.20 Å². The molecule has 84 valence electrons. The fourth-order valence-electron chi connectivity index (χ4n) is 1.59. The second-order valence-corrected chi connectivity index (χ2v) is 3.59. The van der Waals surface area contributed by atoms with Crippen LogP contribution in [0.15, 0.2) is 36.5 Å². The Bertz CT molecular complexity index is 618. The van der Waals surface area contributed by atoms with Gasteiger partial charge in [-0.15, -0.1) is 5.10 Å². The second-order valence-electron chi connectivity index (χ2n) is 3.59.